The average Bonchev–Trinajstić information content (AvgIpc) is 3.29. The summed E-state index contributed by atoms with van der Waals surface area (Å²) in [5.41, 5.74) is 2.22. The van der Waals surface area contributed by atoms with Crippen LogP contribution in [0.4, 0.5) is 11.4 Å². The van der Waals surface area contributed by atoms with Gasteiger partial charge in [-0.1, -0.05) is 0 Å². The van der Waals surface area contributed by atoms with Crippen LogP contribution in [-0.2, 0) is 21.2 Å². The van der Waals surface area contributed by atoms with Gasteiger partial charge in [-0.25, -0.2) is 8.42 Å². The number of hydrogen-bond acceptors (Lipinski definition) is 4. The van der Waals surface area contributed by atoms with Gasteiger partial charge in [0.2, 0.25) is 5.91 Å². The van der Waals surface area contributed by atoms with Crippen LogP contribution in [0.2, 0.25) is 0 Å². The van der Waals surface area contributed by atoms with Crippen LogP contribution in [0.15, 0.2) is 47.4 Å². The lowest BCUT2D eigenvalue weighted by Gasteiger charge is -2.15. The first-order valence-corrected chi connectivity index (χ1v) is 10.3. The maximum atomic E-state index is 12.6. The molecular formula is C19H19N3O4S. The Hall–Kier alpha value is -2.87. The van der Waals surface area contributed by atoms with Crippen LogP contribution in [-0.4, -0.2) is 38.2 Å². The fraction of sp³-hybridized carbons (Fsp3) is 0.263. The molecule has 0 aliphatic carbocycles. The molecule has 0 bridgehead atoms. The van der Waals surface area contributed by atoms with Crippen molar-refractivity contribution >= 4 is 33.2 Å². The summed E-state index contributed by atoms with van der Waals surface area (Å²) in [6.45, 7) is 1.53. The molecule has 2 amide bonds. The molecule has 2 aliphatic heterocycles. The smallest absolute Gasteiger partial charge is 0.261 e. The molecule has 4 rings (SSSR count). The number of nitrogens with one attached hydrogen (secondary N) is 2. The van der Waals surface area contributed by atoms with Gasteiger partial charge in [0.15, 0.2) is 0 Å². The number of fused-ring (bicyclic) bond motifs is 1. The van der Waals surface area contributed by atoms with Crippen molar-refractivity contribution in [2.24, 2.45) is 0 Å². The summed E-state index contributed by atoms with van der Waals surface area (Å²) >= 11 is 0. The van der Waals surface area contributed by atoms with Crippen molar-refractivity contribution in [3.8, 4) is 0 Å². The number of carbonyl (C=O) groups is 2. The number of carbonyl (C=O) groups excluding carboxylic acids is 2. The highest BCUT2D eigenvalue weighted by Crippen LogP contribution is 2.27. The molecule has 0 radical (unpaired) electrons. The molecule has 0 unspecified atom stereocenters. The standard InChI is InChI=1S/C19H19N3O4S/c23-18-12-14-11-16(7-8-17(14)20-18)27(25,26)21-15-5-3-13(4-6-15)19(24)22-9-1-2-10-22/h3-8,11,21H,1-2,9-10,12H2,(H,20,23). The third-order valence-corrected chi connectivity index (χ3v) is 6.17. The van der Waals surface area contributed by atoms with Gasteiger partial charge >= 0.3 is 0 Å². The molecule has 2 aliphatic rings. The average molecular weight is 385 g/mol. The molecule has 2 heterocycles. The number of anilines is 2. The monoisotopic (exact) mass is 385 g/mol. The predicted molar refractivity (Wildman–Crippen MR) is 101 cm³/mol. The molecule has 0 aromatic heterocycles. The summed E-state index contributed by atoms with van der Waals surface area (Å²) < 4.78 is 27.8. The molecule has 2 aromatic rings. The summed E-state index contributed by atoms with van der Waals surface area (Å²) in [4.78, 5) is 25.7. The molecule has 1 saturated heterocycles. The van der Waals surface area contributed by atoms with E-state index in [0.29, 0.717) is 22.5 Å². The molecule has 27 heavy (non-hydrogen) atoms. The Morgan fingerprint density at radius 2 is 1.74 bits per heavy atom. The number of sulfonamides is 1. The van der Waals surface area contributed by atoms with E-state index in [0.717, 1.165) is 25.9 Å². The zero-order chi connectivity index (χ0) is 19.0. The van der Waals surface area contributed by atoms with Crippen LogP contribution in [0.25, 0.3) is 0 Å². The van der Waals surface area contributed by atoms with E-state index in [1.165, 1.54) is 12.1 Å². The molecule has 7 nitrogen and oxygen atoms in total. The zero-order valence-corrected chi connectivity index (χ0v) is 15.4. The molecule has 1 fully saturated rings. The van der Waals surface area contributed by atoms with Gasteiger partial charge in [-0.05, 0) is 60.9 Å². The van der Waals surface area contributed by atoms with E-state index in [1.807, 2.05) is 0 Å². The van der Waals surface area contributed by atoms with E-state index >= 15 is 0 Å². The molecular weight excluding hydrogens is 366 g/mol. The normalized spacial score (nSPS) is 16.1. The fourth-order valence-electron chi connectivity index (χ4n) is 3.37. The molecule has 0 atom stereocenters. The quantitative estimate of drug-likeness (QED) is 0.844. The Morgan fingerprint density at radius 1 is 1.04 bits per heavy atom. The van der Waals surface area contributed by atoms with Gasteiger partial charge < -0.3 is 10.2 Å². The fourth-order valence-corrected chi connectivity index (χ4v) is 4.48. The lowest BCUT2D eigenvalue weighted by atomic mass is 10.2. The second-order valence-electron chi connectivity index (χ2n) is 6.73. The summed E-state index contributed by atoms with van der Waals surface area (Å²) in [7, 11) is -3.79. The molecule has 0 spiro atoms. The third-order valence-electron chi connectivity index (χ3n) is 4.79. The highest BCUT2D eigenvalue weighted by atomic mass is 32.2. The van der Waals surface area contributed by atoms with Crippen molar-refractivity contribution in [2.45, 2.75) is 24.2 Å². The summed E-state index contributed by atoms with van der Waals surface area (Å²) in [5, 5.41) is 2.68. The number of rotatable bonds is 4. The van der Waals surface area contributed by atoms with Crippen LogP contribution in [0.5, 0.6) is 0 Å². The number of likely N-dealkylation sites (tertiary alicyclic amines) is 1. The van der Waals surface area contributed by atoms with Gasteiger partial charge in [0.1, 0.15) is 0 Å². The van der Waals surface area contributed by atoms with E-state index in [-0.39, 0.29) is 23.1 Å². The first-order chi connectivity index (χ1) is 12.9. The summed E-state index contributed by atoms with van der Waals surface area (Å²) in [6.07, 6.45) is 2.21. The van der Waals surface area contributed by atoms with Crippen molar-refractivity contribution < 1.29 is 18.0 Å². The van der Waals surface area contributed by atoms with Crippen molar-refractivity contribution in [1.29, 1.82) is 0 Å². The van der Waals surface area contributed by atoms with Gasteiger partial charge in [-0.15, -0.1) is 0 Å². The van der Waals surface area contributed by atoms with Crippen LogP contribution in [0, 0.1) is 0 Å². The minimum absolute atomic E-state index is 0.0299. The number of amides is 2. The highest BCUT2D eigenvalue weighted by Gasteiger charge is 2.22. The van der Waals surface area contributed by atoms with Crippen molar-refractivity contribution in [3.63, 3.8) is 0 Å². The Morgan fingerprint density at radius 3 is 2.44 bits per heavy atom. The van der Waals surface area contributed by atoms with Crippen LogP contribution >= 0.6 is 0 Å². The van der Waals surface area contributed by atoms with Crippen molar-refractivity contribution in [1.82, 2.24) is 4.90 Å². The molecule has 140 valence electrons. The number of benzene rings is 2. The summed E-state index contributed by atoms with van der Waals surface area (Å²) in [6, 6.07) is 11.0. The Bertz CT molecular complexity index is 1010. The highest BCUT2D eigenvalue weighted by molar-refractivity contribution is 7.92. The van der Waals surface area contributed by atoms with E-state index < -0.39 is 10.0 Å². The predicted octanol–water partition coefficient (Wildman–Crippen LogP) is 2.22. The zero-order valence-electron chi connectivity index (χ0n) is 14.6. The van der Waals surface area contributed by atoms with Gasteiger partial charge in [0, 0.05) is 30.0 Å². The van der Waals surface area contributed by atoms with Crippen molar-refractivity contribution in [2.75, 3.05) is 23.1 Å². The molecule has 8 heteroatoms. The minimum atomic E-state index is -3.79. The minimum Gasteiger partial charge on any atom is -0.339 e. The van der Waals surface area contributed by atoms with Gasteiger partial charge in [-0.2, -0.15) is 0 Å². The van der Waals surface area contributed by atoms with E-state index in [2.05, 4.69) is 10.0 Å². The topological polar surface area (TPSA) is 95.6 Å². The molecule has 2 N–H and O–H groups in total. The molecule has 0 saturated carbocycles. The third kappa shape index (κ3) is 3.52. The van der Waals surface area contributed by atoms with Gasteiger partial charge in [0.05, 0.1) is 11.3 Å². The first-order valence-electron chi connectivity index (χ1n) is 8.77. The van der Waals surface area contributed by atoms with Crippen LogP contribution in [0.1, 0.15) is 28.8 Å². The van der Waals surface area contributed by atoms with Crippen LogP contribution in [0.3, 0.4) is 0 Å². The van der Waals surface area contributed by atoms with E-state index in [1.54, 1.807) is 35.2 Å². The van der Waals surface area contributed by atoms with Gasteiger partial charge in [0.25, 0.3) is 15.9 Å². The first kappa shape index (κ1) is 17.5. The Labute approximate surface area is 157 Å². The summed E-state index contributed by atoms with van der Waals surface area (Å²) in [5.74, 6) is -0.177. The van der Waals surface area contributed by atoms with E-state index in [4.69, 9.17) is 0 Å². The molecule has 2 aromatic carbocycles. The lowest BCUT2D eigenvalue weighted by Crippen LogP contribution is -2.27. The van der Waals surface area contributed by atoms with Crippen LogP contribution < -0.4 is 10.0 Å². The number of hydrogen-bond donors (Lipinski definition) is 2. The Balaban J connectivity index is 1.50. The largest absolute Gasteiger partial charge is 0.339 e. The Kier molecular flexibility index (Phi) is 4.35. The maximum Gasteiger partial charge on any atom is 0.261 e. The maximum absolute atomic E-state index is 12.6. The van der Waals surface area contributed by atoms with Gasteiger partial charge in [-0.3, -0.25) is 14.3 Å². The second-order valence-corrected chi connectivity index (χ2v) is 8.41. The number of nitrogens with zero attached hydrogens (tertiary/aromatic N) is 1. The SMILES string of the molecule is O=C1Cc2cc(S(=O)(=O)Nc3ccc(C(=O)N4CCCC4)cc3)ccc2N1. The lowest BCUT2D eigenvalue weighted by molar-refractivity contribution is -0.115. The van der Waals surface area contributed by atoms with E-state index in [9.17, 15) is 18.0 Å². The van der Waals surface area contributed by atoms with Crippen molar-refractivity contribution in [3.05, 3.63) is 53.6 Å². The second kappa shape index (κ2) is 6.70.